The van der Waals surface area contributed by atoms with Gasteiger partial charge in [0, 0.05) is 33.6 Å². The third kappa shape index (κ3) is 6.36. The van der Waals surface area contributed by atoms with E-state index < -0.39 is 0 Å². The maximum absolute atomic E-state index is 13.1. The van der Waals surface area contributed by atoms with E-state index in [-0.39, 0.29) is 58.7 Å². The number of carbonyl (C=O) groups excluding carboxylic acids is 4. The molecule has 1 aliphatic carbocycles. The number of benzene rings is 2. The molecule has 0 fully saturated rings. The van der Waals surface area contributed by atoms with E-state index in [1.807, 2.05) is 0 Å². The lowest BCUT2D eigenvalue weighted by Crippen LogP contribution is -2.29. The molecule has 34 heavy (non-hydrogen) atoms. The van der Waals surface area contributed by atoms with Crippen molar-refractivity contribution >= 4 is 34.8 Å². The summed E-state index contributed by atoms with van der Waals surface area (Å²) in [5.41, 5.74) is 2.00. The van der Waals surface area contributed by atoms with Crippen LogP contribution >= 0.6 is 0 Å². The third-order valence-electron chi connectivity index (χ3n) is 5.57. The molecular weight excluding hydrogens is 432 g/mol. The number of ketones is 2. The van der Waals surface area contributed by atoms with Crippen molar-refractivity contribution in [1.82, 2.24) is 10.6 Å². The molecular formula is C26H32N4O4. The van der Waals surface area contributed by atoms with E-state index in [9.17, 15) is 19.2 Å². The number of amides is 2. The van der Waals surface area contributed by atoms with E-state index in [2.05, 4.69) is 35.1 Å². The summed E-state index contributed by atoms with van der Waals surface area (Å²) in [7, 11) is 0. The predicted molar refractivity (Wildman–Crippen MR) is 133 cm³/mol. The zero-order valence-corrected chi connectivity index (χ0v) is 19.8. The van der Waals surface area contributed by atoms with Gasteiger partial charge in [-0.1, -0.05) is 26.7 Å². The van der Waals surface area contributed by atoms with Gasteiger partial charge in [0.2, 0.25) is 11.8 Å². The first-order valence-corrected chi connectivity index (χ1v) is 11.8. The van der Waals surface area contributed by atoms with Crippen LogP contribution in [0.3, 0.4) is 0 Å². The zero-order chi connectivity index (χ0) is 24.5. The molecule has 0 atom stereocenters. The van der Waals surface area contributed by atoms with Crippen molar-refractivity contribution < 1.29 is 19.2 Å². The lowest BCUT2D eigenvalue weighted by atomic mass is 9.83. The van der Waals surface area contributed by atoms with Crippen LogP contribution in [0.1, 0.15) is 71.4 Å². The van der Waals surface area contributed by atoms with Gasteiger partial charge in [0.25, 0.3) is 0 Å². The Kier molecular flexibility index (Phi) is 9.07. The topological polar surface area (TPSA) is 116 Å². The third-order valence-corrected chi connectivity index (χ3v) is 5.57. The van der Waals surface area contributed by atoms with Gasteiger partial charge in [0.05, 0.1) is 13.1 Å². The van der Waals surface area contributed by atoms with Gasteiger partial charge in [-0.2, -0.15) is 0 Å². The first-order valence-electron chi connectivity index (χ1n) is 11.8. The van der Waals surface area contributed by atoms with Gasteiger partial charge in [0.1, 0.15) is 0 Å². The first kappa shape index (κ1) is 25.3. The average molecular weight is 465 g/mol. The zero-order valence-electron chi connectivity index (χ0n) is 19.8. The highest BCUT2D eigenvalue weighted by atomic mass is 16.2. The Bertz CT molecular complexity index is 995. The molecule has 0 aliphatic heterocycles. The maximum atomic E-state index is 13.1. The number of fused-ring (bicyclic) bond motifs is 2. The second-order valence-electron chi connectivity index (χ2n) is 8.34. The average Bonchev–Trinajstić information content (AvgIpc) is 2.83. The molecule has 2 amide bonds. The highest BCUT2D eigenvalue weighted by Crippen LogP contribution is 2.31. The van der Waals surface area contributed by atoms with Crippen LogP contribution in [-0.2, 0) is 9.59 Å². The molecule has 8 heteroatoms. The van der Waals surface area contributed by atoms with Crippen LogP contribution in [0, 0.1) is 0 Å². The Morgan fingerprint density at radius 2 is 1.06 bits per heavy atom. The molecule has 2 aromatic carbocycles. The Morgan fingerprint density at radius 1 is 0.647 bits per heavy atom. The molecule has 0 spiro atoms. The van der Waals surface area contributed by atoms with E-state index in [1.165, 1.54) is 0 Å². The summed E-state index contributed by atoms with van der Waals surface area (Å²) in [4.78, 5) is 50.5. The predicted octanol–water partition coefficient (Wildman–Crippen LogP) is 3.12. The van der Waals surface area contributed by atoms with E-state index in [0.29, 0.717) is 11.4 Å². The number of hydrogen-bond acceptors (Lipinski definition) is 6. The molecule has 8 nitrogen and oxygen atoms in total. The number of anilines is 2. The lowest BCUT2D eigenvalue weighted by molar-refractivity contribution is -0.116. The Balaban J connectivity index is 1.69. The van der Waals surface area contributed by atoms with E-state index in [4.69, 9.17) is 0 Å². The van der Waals surface area contributed by atoms with Crippen molar-refractivity contribution in [3.8, 4) is 0 Å². The molecule has 0 radical (unpaired) electrons. The fraction of sp³-hybridized carbons (Fsp3) is 0.385. The molecule has 1 aliphatic rings. The molecule has 2 aromatic rings. The first-order chi connectivity index (χ1) is 16.4. The van der Waals surface area contributed by atoms with Crippen LogP contribution in [0.25, 0.3) is 0 Å². The van der Waals surface area contributed by atoms with Crippen LogP contribution < -0.4 is 21.3 Å². The van der Waals surface area contributed by atoms with Gasteiger partial charge in [-0.3, -0.25) is 19.2 Å². The van der Waals surface area contributed by atoms with Gasteiger partial charge >= 0.3 is 0 Å². The Morgan fingerprint density at radius 3 is 1.44 bits per heavy atom. The summed E-state index contributed by atoms with van der Waals surface area (Å²) in [6.45, 7) is 6.03. The van der Waals surface area contributed by atoms with Crippen molar-refractivity contribution in [3.63, 3.8) is 0 Å². The lowest BCUT2D eigenvalue weighted by Gasteiger charge is -2.19. The fourth-order valence-corrected chi connectivity index (χ4v) is 3.72. The Hall–Kier alpha value is -3.36. The highest BCUT2D eigenvalue weighted by molar-refractivity contribution is 6.29. The summed E-state index contributed by atoms with van der Waals surface area (Å²) >= 11 is 0. The number of unbranched alkanes of at least 4 members (excludes halogenated alkanes) is 2. The van der Waals surface area contributed by atoms with Gasteiger partial charge in [0.15, 0.2) is 11.6 Å². The van der Waals surface area contributed by atoms with Crippen molar-refractivity contribution in [1.29, 1.82) is 0 Å². The summed E-state index contributed by atoms with van der Waals surface area (Å²) in [6, 6.07) is 9.43. The SMILES string of the molecule is CCCCNCC(=O)Nc1ccc2c(c1)C(=O)c1ccc(NC(=O)CNCCCC)cc1C2=O. The summed E-state index contributed by atoms with van der Waals surface area (Å²) < 4.78 is 0. The number of rotatable bonds is 12. The monoisotopic (exact) mass is 464 g/mol. The minimum atomic E-state index is -0.291. The summed E-state index contributed by atoms with van der Waals surface area (Å²) in [6.07, 6.45) is 4.06. The smallest absolute Gasteiger partial charge is 0.238 e. The molecule has 0 aromatic heterocycles. The van der Waals surface area contributed by atoms with Gasteiger partial charge in [-0.25, -0.2) is 0 Å². The molecule has 0 saturated heterocycles. The normalized spacial score (nSPS) is 12.2. The van der Waals surface area contributed by atoms with Crippen LogP contribution in [-0.4, -0.2) is 49.6 Å². The minimum Gasteiger partial charge on any atom is -0.325 e. The van der Waals surface area contributed by atoms with Crippen LogP contribution in [0.2, 0.25) is 0 Å². The van der Waals surface area contributed by atoms with Crippen LogP contribution in [0.4, 0.5) is 11.4 Å². The minimum absolute atomic E-state index is 0.176. The van der Waals surface area contributed by atoms with E-state index in [0.717, 1.165) is 38.8 Å². The molecule has 0 unspecified atom stereocenters. The van der Waals surface area contributed by atoms with E-state index in [1.54, 1.807) is 36.4 Å². The number of carbonyl (C=O) groups is 4. The molecule has 3 rings (SSSR count). The second-order valence-corrected chi connectivity index (χ2v) is 8.34. The molecule has 4 N–H and O–H groups in total. The molecule has 180 valence electrons. The van der Waals surface area contributed by atoms with Crippen molar-refractivity contribution in [2.45, 2.75) is 39.5 Å². The quantitative estimate of drug-likeness (QED) is 0.306. The highest BCUT2D eigenvalue weighted by Gasteiger charge is 2.30. The number of hydrogen-bond donors (Lipinski definition) is 4. The molecule has 0 saturated carbocycles. The van der Waals surface area contributed by atoms with Gasteiger partial charge in [-0.05, 0) is 62.3 Å². The number of nitrogens with one attached hydrogen (secondary N) is 4. The Labute approximate surface area is 199 Å². The van der Waals surface area contributed by atoms with Crippen molar-refractivity contribution in [2.75, 3.05) is 36.8 Å². The summed E-state index contributed by atoms with van der Waals surface area (Å²) in [5, 5.41) is 11.7. The fourth-order valence-electron chi connectivity index (χ4n) is 3.72. The molecule has 0 heterocycles. The van der Waals surface area contributed by atoms with Crippen molar-refractivity contribution in [2.24, 2.45) is 0 Å². The van der Waals surface area contributed by atoms with Gasteiger partial charge in [-0.15, -0.1) is 0 Å². The maximum Gasteiger partial charge on any atom is 0.238 e. The second kappa shape index (κ2) is 12.2. The van der Waals surface area contributed by atoms with Crippen molar-refractivity contribution in [3.05, 3.63) is 58.7 Å². The summed E-state index contributed by atoms with van der Waals surface area (Å²) in [5.74, 6) is -1.01. The largest absolute Gasteiger partial charge is 0.325 e. The molecule has 0 bridgehead atoms. The van der Waals surface area contributed by atoms with Gasteiger partial charge < -0.3 is 21.3 Å². The standard InChI is InChI=1S/C26H32N4O4/c1-3-5-11-27-15-23(31)29-17-7-9-19-21(13-17)25(33)20-10-8-18(14-22(20)26(19)34)30-24(32)16-28-12-6-4-2/h7-10,13-14,27-28H,3-6,11-12,15-16H2,1-2H3,(H,29,31)(H,30,32). The van der Waals surface area contributed by atoms with Crippen LogP contribution in [0.5, 0.6) is 0 Å². The van der Waals surface area contributed by atoms with E-state index >= 15 is 0 Å². The van der Waals surface area contributed by atoms with Crippen LogP contribution in [0.15, 0.2) is 36.4 Å².